The average Bonchev–Trinajstić information content (AvgIpc) is 2.48. The van der Waals surface area contributed by atoms with Gasteiger partial charge in [-0.05, 0) is 42.4 Å². The summed E-state index contributed by atoms with van der Waals surface area (Å²) in [5, 5.41) is 22.5. The summed E-state index contributed by atoms with van der Waals surface area (Å²) in [7, 11) is 0. The Morgan fingerprint density at radius 1 is 1.00 bits per heavy atom. The van der Waals surface area contributed by atoms with Crippen molar-refractivity contribution in [1.29, 1.82) is 0 Å². The van der Waals surface area contributed by atoms with Crippen molar-refractivity contribution in [1.82, 2.24) is 0 Å². The Balaban J connectivity index is 2.54. The third-order valence-electron chi connectivity index (χ3n) is 4.16. The predicted molar refractivity (Wildman–Crippen MR) is 74.9 cm³/mol. The van der Waals surface area contributed by atoms with E-state index >= 15 is 0 Å². The third-order valence-corrected chi connectivity index (χ3v) is 4.16. The maximum Gasteiger partial charge on any atom is 0.0724 e. The van der Waals surface area contributed by atoms with Crippen molar-refractivity contribution >= 4 is 17.5 Å². The molecule has 4 heteroatoms. The highest BCUT2D eigenvalue weighted by Crippen LogP contribution is 2.36. The second-order valence-electron chi connectivity index (χ2n) is 5.50. The number of aliphatic carboxylic acids is 2. The number of hydrogen-bond acceptors (Lipinski definition) is 4. The van der Waals surface area contributed by atoms with Crippen LogP contribution in [0.15, 0.2) is 29.8 Å². The molecule has 1 aliphatic carbocycles. The van der Waals surface area contributed by atoms with Crippen LogP contribution in [0.5, 0.6) is 0 Å². The van der Waals surface area contributed by atoms with Crippen molar-refractivity contribution in [2.45, 2.75) is 44.9 Å². The van der Waals surface area contributed by atoms with Crippen LogP contribution < -0.4 is 10.2 Å². The lowest BCUT2D eigenvalue weighted by Gasteiger charge is -2.26. The maximum absolute atomic E-state index is 11.4. The minimum Gasteiger partial charge on any atom is -0.545 e. The molecule has 0 atom stereocenters. The summed E-state index contributed by atoms with van der Waals surface area (Å²) in [6.45, 7) is 1.25. The smallest absolute Gasteiger partial charge is 0.0724 e. The molecule has 2 rings (SSSR count). The molecule has 1 aromatic carbocycles. The molecule has 4 nitrogen and oxygen atoms in total. The van der Waals surface area contributed by atoms with Crippen LogP contribution in [-0.4, -0.2) is 11.9 Å². The van der Waals surface area contributed by atoms with E-state index in [-0.39, 0.29) is 17.1 Å². The van der Waals surface area contributed by atoms with Crippen molar-refractivity contribution in [2.24, 2.45) is 0 Å². The van der Waals surface area contributed by atoms with E-state index < -0.39 is 11.9 Å². The number of carboxylic acid groups (broad SMARTS) is 2. The first-order chi connectivity index (χ1) is 10.0. The van der Waals surface area contributed by atoms with Gasteiger partial charge in [-0.25, -0.2) is 0 Å². The van der Waals surface area contributed by atoms with E-state index in [0.717, 1.165) is 31.2 Å². The van der Waals surface area contributed by atoms with Crippen LogP contribution >= 0.6 is 0 Å². The zero-order chi connectivity index (χ0) is 15.4. The number of hydrogen-bond donors (Lipinski definition) is 0. The van der Waals surface area contributed by atoms with Crippen molar-refractivity contribution in [3.8, 4) is 0 Å². The topological polar surface area (TPSA) is 80.3 Å². The number of carbonyl (C=O) groups excluding carboxylic acids is 2. The van der Waals surface area contributed by atoms with Gasteiger partial charge in [-0.2, -0.15) is 0 Å². The Kier molecular flexibility index (Phi) is 4.78. The fourth-order valence-corrected chi connectivity index (χ4v) is 3.06. The van der Waals surface area contributed by atoms with Gasteiger partial charge in [0, 0.05) is 5.57 Å². The van der Waals surface area contributed by atoms with Crippen LogP contribution in [0.3, 0.4) is 0 Å². The Morgan fingerprint density at radius 2 is 1.62 bits per heavy atom. The molecule has 21 heavy (non-hydrogen) atoms. The maximum atomic E-state index is 11.4. The molecule has 0 bridgehead atoms. The van der Waals surface area contributed by atoms with Gasteiger partial charge in [0.15, 0.2) is 0 Å². The normalized spacial score (nSPS) is 17.2. The molecule has 0 amide bonds. The van der Waals surface area contributed by atoms with Crippen LogP contribution in [0.1, 0.15) is 56.1 Å². The monoisotopic (exact) mass is 286 g/mol. The zero-order valence-electron chi connectivity index (χ0n) is 12.1. The Hall–Kier alpha value is -2.10. The van der Waals surface area contributed by atoms with Gasteiger partial charge in [0.05, 0.1) is 11.9 Å². The molecule has 0 radical (unpaired) electrons. The van der Waals surface area contributed by atoms with E-state index in [1.807, 2.05) is 12.1 Å². The van der Waals surface area contributed by atoms with E-state index in [4.69, 9.17) is 0 Å². The molecule has 1 aliphatic rings. The second kappa shape index (κ2) is 6.57. The molecule has 1 fully saturated rings. The summed E-state index contributed by atoms with van der Waals surface area (Å²) in [6.07, 6.45) is 5.43. The van der Waals surface area contributed by atoms with Crippen molar-refractivity contribution in [3.63, 3.8) is 0 Å². The zero-order valence-corrected chi connectivity index (χ0v) is 12.1. The third kappa shape index (κ3) is 3.32. The first-order valence-electron chi connectivity index (χ1n) is 7.25. The van der Waals surface area contributed by atoms with E-state index in [0.29, 0.717) is 5.56 Å². The highest BCUT2D eigenvalue weighted by molar-refractivity contribution is 6.20. The molecule has 0 heterocycles. The Morgan fingerprint density at radius 3 is 2.19 bits per heavy atom. The average molecular weight is 286 g/mol. The van der Waals surface area contributed by atoms with Crippen LogP contribution in [0, 0.1) is 0 Å². The summed E-state index contributed by atoms with van der Waals surface area (Å²) >= 11 is 0. The lowest BCUT2D eigenvalue weighted by Crippen LogP contribution is -2.30. The molecule has 1 aromatic rings. The summed E-state index contributed by atoms with van der Waals surface area (Å²) < 4.78 is 0. The Bertz CT molecular complexity index is 580. The summed E-state index contributed by atoms with van der Waals surface area (Å²) in [5.41, 5.74) is 0.789. The van der Waals surface area contributed by atoms with E-state index in [9.17, 15) is 19.8 Å². The first-order valence-corrected chi connectivity index (χ1v) is 7.25. The van der Waals surface area contributed by atoms with Gasteiger partial charge < -0.3 is 19.8 Å². The van der Waals surface area contributed by atoms with Crippen LogP contribution in [0.4, 0.5) is 0 Å². The molecule has 0 spiro atoms. The largest absolute Gasteiger partial charge is 0.545 e. The fraction of sp³-hybridized carbons (Fsp3) is 0.412. The molecule has 0 unspecified atom stereocenters. The lowest BCUT2D eigenvalue weighted by molar-refractivity contribution is -0.301. The van der Waals surface area contributed by atoms with Gasteiger partial charge in [-0.15, -0.1) is 0 Å². The molecular formula is C17H18O4-2. The molecule has 0 aromatic heterocycles. The van der Waals surface area contributed by atoms with Gasteiger partial charge >= 0.3 is 0 Å². The van der Waals surface area contributed by atoms with Crippen molar-refractivity contribution < 1.29 is 19.8 Å². The minimum absolute atomic E-state index is 0.267. The number of benzene rings is 1. The number of carboxylic acids is 2. The van der Waals surface area contributed by atoms with Crippen molar-refractivity contribution in [2.75, 3.05) is 0 Å². The van der Waals surface area contributed by atoms with Crippen LogP contribution in [0.2, 0.25) is 0 Å². The first kappa shape index (κ1) is 15.3. The van der Waals surface area contributed by atoms with Crippen LogP contribution in [-0.2, 0) is 9.59 Å². The van der Waals surface area contributed by atoms with Gasteiger partial charge in [0.2, 0.25) is 0 Å². The quantitative estimate of drug-likeness (QED) is 0.774. The lowest BCUT2D eigenvalue weighted by atomic mass is 9.80. The summed E-state index contributed by atoms with van der Waals surface area (Å²) in [4.78, 5) is 22.5. The molecule has 1 saturated carbocycles. The summed E-state index contributed by atoms with van der Waals surface area (Å²) in [6, 6.07) is 7.11. The van der Waals surface area contributed by atoms with Gasteiger partial charge in [0.1, 0.15) is 0 Å². The minimum atomic E-state index is -1.48. The van der Waals surface area contributed by atoms with Crippen molar-refractivity contribution in [3.05, 3.63) is 41.0 Å². The number of rotatable bonds is 4. The number of carbonyl (C=O) groups is 2. The van der Waals surface area contributed by atoms with Gasteiger partial charge in [-0.3, -0.25) is 0 Å². The molecule has 0 aliphatic heterocycles. The van der Waals surface area contributed by atoms with Gasteiger partial charge in [-0.1, -0.05) is 43.5 Å². The Labute approximate surface area is 124 Å². The van der Waals surface area contributed by atoms with Crippen LogP contribution in [0.25, 0.3) is 5.57 Å². The van der Waals surface area contributed by atoms with E-state index in [1.165, 1.54) is 13.3 Å². The SMILES string of the molecule is C/C(C(=O)[O-])=C(\C(=O)[O-])c1ccccc1C1CCCCC1. The standard InChI is InChI=1S/C17H20O4/c1-11(16(18)19)15(17(20)21)14-10-6-5-9-13(14)12-7-3-2-4-8-12/h5-6,9-10,12H,2-4,7-8H2,1H3,(H,18,19)(H,20,21)/p-2/b15-11+. The van der Waals surface area contributed by atoms with E-state index in [2.05, 4.69) is 0 Å². The van der Waals surface area contributed by atoms with Gasteiger partial charge in [0.25, 0.3) is 0 Å². The predicted octanol–water partition coefficient (Wildman–Crippen LogP) is 1.01. The molecule has 0 N–H and O–H groups in total. The highest BCUT2D eigenvalue weighted by atomic mass is 16.4. The highest BCUT2D eigenvalue weighted by Gasteiger charge is 2.21. The fourth-order valence-electron chi connectivity index (χ4n) is 3.06. The molecular weight excluding hydrogens is 268 g/mol. The molecule has 112 valence electrons. The summed E-state index contributed by atoms with van der Waals surface area (Å²) in [5.74, 6) is -2.67. The second-order valence-corrected chi connectivity index (χ2v) is 5.50. The molecule has 0 saturated heterocycles. The van der Waals surface area contributed by atoms with E-state index in [1.54, 1.807) is 12.1 Å².